The smallest absolute Gasteiger partial charge is 0.244 e. The monoisotopic (exact) mass is 395 g/mol. The van der Waals surface area contributed by atoms with Crippen LogP contribution in [0.15, 0.2) is 54.6 Å². The predicted octanol–water partition coefficient (Wildman–Crippen LogP) is 2.94. The fourth-order valence-corrected chi connectivity index (χ4v) is 2.79. The summed E-state index contributed by atoms with van der Waals surface area (Å²) in [6.07, 6.45) is 3.12. The van der Waals surface area contributed by atoms with E-state index in [0.717, 1.165) is 22.6 Å². The summed E-state index contributed by atoms with van der Waals surface area (Å²) in [4.78, 5) is 28.3. The number of nitrogens with zero attached hydrogens (tertiary/aromatic N) is 2. The summed E-state index contributed by atoms with van der Waals surface area (Å²) in [6.45, 7) is 2.17. The Morgan fingerprint density at radius 1 is 1.03 bits per heavy atom. The van der Waals surface area contributed by atoms with Crippen molar-refractivity contribution in [1.82, 2.24) is 10.2 Å². The Balaban J connectivity index is 1.87. The molecule has 0 saturated heterocycles. The zero-order valence-corrected chi connectivity index (χ0v) is 17.7. The van der Waals surface area contributed by atoms with Gasteiger partial charge in [-0.15, -0.1) is 0 Å². The maximum atomic E-state index is 12.6. The van der Waals surface area contributed by atoms with E-state index in [0.29, 0.717) is 6.54 Å². The molecule has 0 saturated carbocycles. The van der Waals surface area contributed by atoms with E-state index in [9.17, 15) is 9.59 Å². The van der Waals surface area contributed by atoms with Gasteiger partial charge in [-0.25, -0.2) is 0 Å². The number of carbonyl (C=O) groups excluding carboxylic acids is 2. The summed E-state index contributed by atoms with van der Waals surface area (Å²) in [6, 6.07) is 14.8. The second-order valence-electron chi connectivity index (χ2n) is 7.09. The first-order chi connectivity index (χ1) is 13.8. The van der Waals surface area contributed by atoms with Crippen LogP contribution in [0.25, 0.3) is 6.08 Å². The quantitative estimate of drug-likeness (QED) is 0.698. The molecule has 0 fully saturated rings. The van der Waals surface area contributed by atoms with Gasteiger partial charge in [-0.05, 0) is 48.4 Å². The molecule has 154 valence electrons. The van der Waals surface area contributed by atoms with Crippen LogP contribution in [0.4, 0.5) is 5.69 Å². The molecule has 0 spiro atoms. The van der Waals surface area contributed by atoms with Crippen molar-refractivity contribution >= 4 is 23.6 Å². The number of likely N-dealkylation sites (N-methyl/N-ethyl adjacent to an activating group) is 1. The minimum Gasteiger partial charge on any atom is -0.497 e. The molecule has 0 radical (unpaired) electrons. The van der Waals surface area contributed by atoms with Crippen LogP contribution in [-0.2, 0) is 16.1 Å². The number of methoxy groups -OCH3 is 1. The minimum absolute atomic E-state index is 0.145. The van der Waals surface area contributed by atoms with Gasteiger partial charge < -0.3 is 19.9 Å². The van der Waals surface area contributed by atoms with E-state index in [1.807, 2.05) is 67.5 Å². The fraction of sp³-hybridized carbons (Fsp3) is 0.304. The lowest BCUT2D eigenvalue weighted by atomic mass is 10.1. The SMILES string of the molecule is COc1ccc(/C=C/C(=O)NC(C)C(=O)N(C)Cc2ccc(N(C)C)cc2)cc1. The number of ether oxygens (including phenoxy) is 1. The molecule has 1 unspecified atom stereocenters. The molecule has 0 aliphatic heterocycles. The first kappa shape index (κ1) is 22.0. The fourth-order valence-electron chi connectivity index (χ4n) is 2.79. The van der Waals surface area contributed by atoms with E-state index in [-0.39, 0.29) is 11.8 Å². The van der Waals surface area contributed by atoms with Gasteiger partial charge in [0.2, 0.25) is 11.8 Å². The molecule has 0 aliphatic carbocycles. The summed E-state index contributed by atoms with van der Waals surface area (Å²) < 4.78 is 5.11. The Labute approximate surface area is 172 Å². The molecule has 2 aromatic carbocycles. The molecule has 1 N–H and O–H groups in total. The molecule has 29 heavy (non-hydrogen) atoms. The number of hydrogen-bond donors (Lipinski definition) is 1. The maximum Gasteiger partial charge on any atom is 0.244 e. The lowest BCUT2D eigenvalue weighted by Crippen LogP contribution is -2.44. The van der Waals surface area contributed by atoms with Crippen molar-refractivity contribution in [3.63, 3.8) is 0 Å². The summed E-state index contributed by atoms with van der Waals surface area (Å²) in [7, 11) is 7.31. The summed E-state index contributed by atoms with van der Waals surface area (Å²) in [5, 5.41) is 2.71. The van der Waals surface area contributed by atoms with Gasteiger partial charge in [0, 0.05) is 39.5 Å². The number of benzene rings is 2. The van der Waals surface area contributed by atoms with E-state index in [2.05, 4.69) is 5.32 Å². The van der Waals surface area contributed by atoms with Crippen molar-refractivity contribution in [3.8, 4) is 5.75 Å². The first-order valence-corrected chi connectivity index (χ1v) is 9.44. The van der Waals surface area contributed by atoms with Crippen molar-refractivity contribution in [1.29, 1.82) is 0 Å². The Morgan fingerprint density at radius 3 is 2.21 bits per heavy atom. The Morgan fingerprint density at radius 2 is 1.66 bits per heavy atom. The Bertz CT molecular complexity index is 843. The van der Waals surface area contributed by atoms with E-state index in [1.54, 1.807) is 32.1 Å². The Kier molecular flexibility index (Phi) is 7.83. The number of carbonyl (C=O) groups is 2. The maximum absolute atomic E-state index is 12.6. The highest BCUT2D eigenvalue weighted by molar-refractivity contribution is 5.95. The topological polar surface area (TPSA) is 61.9 Å². The summed E-state index contributed by atoms with van der Waals surface area (Å²) in [5.74, 6) is 0.295. The van der Waals surface area contributed by atoms with Gasteiger partial charge in [-0.2, -0.15) is 0 Å². The average molecular weight is 396 g/mol. The lowest BCUT2D eigenvalue weighted by molar-refractivity contribution is -0.134. The predicted molar refractivity (Wildman–Crippen MR) is 117 cm³/mol. The minimum atomic E-state index is -0.617. The number of rotatable bonds is 8. The van der Waals surface area contributed by atoms with Crippen LogP contribution in [-0.4, -0.2) is 51.0 Å². The van der Waals surface area contributed by atoms with Crippen LogP contribution in [0.2, 0.25) is 0 Å². The van der Waals surface area contributed by atoms with Crippen molar-refractivity contribution in [2.45, 2.75) is 19.5 Å². The molecular formula is C23H29N3O3. The molecule has 6 nitrogen and oxygen atoms in total. The molecule has 1 atom stereocenters. The van der Waals surface area contributed by atoms with Crippen LogP contribution in [0.1, 0.15) is 18.1 Å². The molecule has 2 aromatic rings. The van der Waals surface area contributed by atoms with Gasteiger partial charge >= 0.3 is 0 Å². The van der Waals surface area contributed by atoms with Crippen LogP contribution in [0, 0.1) is 0 Å². The number of nitrogens with one attached hydrogen (secondary N) is 1. The molecule has 0 aliphatic rings. The van der Waals surface area contributed by atoms with Crippen molar-refractivity contribution in [3.05, 3.63) is 65.7 Å². The molecule has 0 heterocycles. The highest BCUT2D eigenvalue weighted by atomic mass is 16.5. The lowest BCUT2D eigenvalue weighted by Gasteiger charge is -2.22. The van der Waals surface area contributed by atoms with Gasteiger partial charge in [0.1, 0.15) is 11.8 Å². The largest absolute Gasteiger partial charge is 0.497 e. The highest BCUT2D eigenvalue weighted by Crippen LogP contribution is 2.14. The zero-order valence-electron chi connectivity index (χ0n) is 17.7. The van der Waals surface area contributed by atoms with Gasteiger partial charge in [0.25, 0.3) is 0 Å². The normalized spacial score (nSPS) is 11.8. The van der Waals surface area contributed by atoms with E-state index in [4.69, 9.17) is 4.74 Å². The van der Waals surface area contributed by atoms with E-state index in [1.165, 1.54) is 6.08 Å². The second kappa shape index (κ2) is 10.3. The van der Waals surface area contributed by atoms with Gasteiger partial charge in [0.05, 0.1) is 7.11 Å². The molecule has 6 heteroatoms. The van der Waals surface area contributed by atoms with Gasteiger partial charge in [0.15, 0.2) is 0 Å². The third kappa shape index (κ3) is 6.68. The molecule has 2 rings (SSSR count). The second-order valence-corrected chi connectivity index (χ2v) is 7.09. The molecule has 0 bridgehead atoms. The average Bonchev–Trinajstić information content (AvgIpc) is 2.72. The zero-order chi connectivity index (χ0) is 21.4. The molecular weight excluding hydrogens is 366 g/mol. The van der Waals surface area contributed by atoms with Crippen LogP contribution < -0.4 is 15.0 Å². The Hall–Kier alpha value is -3.28. The number of anilines is 1. The highest BCUT2D eigenvalue weighted by Gasteiger charge is 2.18. The van der Waals surface area contributed by atoms with Crippen LogP contribution >= 0.6 is 0 Å². The number of amides is 2. The van der Waals surface area contributed by atoms with Crippen molar-refractivity contribution in [2.24, 2.45) is 0 Å². The van der Waals surface area contributed by atoms with Crippen LogP contribution in [0.5, 0.6) is 5.75 Å². The van der Waals surface area contributed by atoms with Crippen molar-refractivity contribution < 1.29 is 14.3 Å². The van der Waals surface area contributed by atoms with Crippen LogP contribution in [0.3, 0.4) is 0 Å². The third-order valence-electron chi connectivity index (χ3n) is 4.52. The number of hydrogen-bond acceptors (Lipinski definition) is 4. The van der Waals surface area contributed by atoms with E-state index >= 15 is 0 Å². The first-order valence-electron chi connectivity index (χ1n) is 9.44. The summed E-state index contributed by atoms with van der Waals surface area (Å²) >= 11 is 0. The summed E-state index contributed by atoms with van der Waals surface area (Å²) in [5.41, 5.74) is 3.01. The van der Waals surface area contributed by atoms with Gasteiger partial charge in [-0.1, -0.05) is 24.3 Å². The standard InChI is InChI=1S/C23H29N3O3/c1-17(24-22(27)15-10-18-8-13-21(29-5)14-9-18)23(28)26(4)16-19-6-11-20(12-7-19)25(2)3/h6-15,17H,16H2,1-5H3,(H,24,27)/b15-10+. The third-order valence-corrected chi connectivity index (χ3v) is 4.52. The van der Waals surface area contributed by atoms with Crippen molar-refractivity contribution in [2.75, 3.05) is 33.2 Å². The van der Waals surface area contributed by atoms with E-state index < -0.39 is 6.04 Å². The molecule has 0 aromatic heterocycles. The van der Waals surface area contributed by atoms with Gasteiger partial charge in [-0.3, -0.25) is 9.59 Å². The molecule has 2 amide bonds.